The summed E-state index contributed by atoms with van der Waals surface area (Å²) in [6.07, 6.45) is 3.13. The third-order valence-corrected chi connectivity index (χ3v) is 2.58. The van der Waals surface area contributed by atoms with Crippen molar-refractivity contribution in [3.63, 3.8) is 0 Å². The van der Waals surface area contributed by atoms with Gasteiger partial charge in [-0.05, 0) is 37.0 Å². The molecule has 1 aromatic carbocycles. The van der Waals surface area contributed by atoms with Gasteiger partial charge in [0.1, 0.15) is 11.9 Å². The Morgan fingerprint density at radius 2 is 2.36 bits per heavy atom. The molecule has 0 spiro atoms. The largest absolute Gasteiger partial charge is 0.490 e. The topological polar surface area (TPSA) is 29.5 Å². The second-order valence-corrected chi connectivity index (χ2v) is 3.90. The zero-order valence-corrected chi connectivity index (χ0v) is 8.49. The fourth-order valence-electron chi connectivity index (χ4n) is 1.91. The molecule has 1 aliphatic rings. The van der Waals surface area contributed by atoms with Crippen molar-refractivity contribution in [1.29, 1.82) is 0 Å². The number of rotatable bonds is 3. The Balaban J connectivity index is 2.12. The van der Waals surface area contributed by atoms with E-state index in [2.05, 4.69) is 19.1 Å². The molecule has 0 radical (unpaired) electrons. The van der Waals surface area contributed by atoms with E-state index in [1.54, 1.807) is 0 Å². The van der Waals surface area contributed by atoms with Crippen LogP contribution in [0.3, 0.4) is 0 Å². The number of benzene rings is 1. The molecule has 1 atom stereocenters. The number of fused-ring (bicyclic) bond motifs is 1. The monoisotopic (exact) mass is 192 g/mol. The second-order valence-electron chi connectivity index (χ2n) is 3.90. The van der Waals surface area contributed by atoms with Gasteiger partial charge in [0.05, 0.1) is 0 Å². The van der Waals surface area contributed by atoms with Crippen LogP contribution in [0.15, 0.2) is 18.2 Å². The van der Waals surface area contributed by atoms with E-state index in [1.165, 1.54) is 11.1 Å². The lowest BCUT2D eigenvalue weighted by Crippen LogP contribution is -2.05. The Kier molecular flexibility index (Phi) is 2.73. The fourth-order valence-corrected chi connectivity index (χ4v) is 1.91. The summed E-state index contributed by atoms with van der Waals surface area (Å²) in [4.78, 5) is 0. The van der Waals surface area contributed by atoms with Gasteiger partial charge in [0.2, 0.25) is 0 Å². The average molecular weight is 192 g/mol. The Bertz CT molecular complexity index is 320. The van der Waals surface area contributed by atoms with Gasteiger partial charge in [0.25, 0.3) is 0 Å². The Hall–Kier alpha value is -1.02. The zero-order chi connectivity index (χ0) is 9.97. The summed E-state index contributed by atoms with van der Waals surface area (Å²) < 4.78 is 5.62. The highest BCUT2D eigenvalue weighted by molar-refractivity contribution is 5.40. The average Bonchev–Trinajstić information content (AvgIpc) is 2.54. The van der Waals surface area contributed by atoms with Gasteiger partial charge >= 0.3 is 0 Å². The molecular formula is C12H16O2. The quantitative estimate of drug-likeness (QED) is 0.793. The van der Waals surface area contributed by atoms with Crippen LogP contribution in [0.1, 0.15) is 24.5 Å². The second kappa shape index (κ2) is 4.01. The van der Waals surface area contributed by atoms with Gasteiger partial charge in [-0.2, -0.15) is 0 Å². The molecule has 1 aliphatic heterocycles. The first-order chi connectivity index (χ1) is 6.79. The summed E-state index contributed by atoms with van der Waals surface area (Å²) in [6, 6.07) is 6.34. The summed E-state index contributed by atoms with van der Waals surface area (Å²) in [6.45, 7) is 2.36. The standard InChI is InChI=1S/C12H16O2/c1-9-7-11-8-10(3-2-6-13)4-5-12(11)14-9/h4-5,8-9,13H,2-3,6-7H2,1H3. The molecule has 0 fully saturated rings. The number of aryl methyl sites for hydroxylation is 1. The number of hydrogen-bond acceptors (Lipinski definition) is 2. The number of aliphatic hydroxyl groups excluding tert-OH is 1. The number of aliphatic hydroxyl groups is 1. The summed E-state index contributed by atoms with van der Waals surface area (Å²) in [5.74, 6) is 1.03. The van der Waals surface area contributed by atoms with Crippen LogP contribution in [0, 0.1) is 0 Å². The van der Waals surface area contributed by atoms with Crippen molar-refractivity contribution in [2.75, 3.05) is 6.61 Å². The van der Waals surface area contributed by atoms with Crippen LogP contribution in [0.5, 0.6) is 5.75 Å². The van der Waals surface area contributed by atoms with E-state index in [9.17, 15) is 0 Å². The molecule has 1 N–H and O–H groups in total. The summed E-state index contributed by atoms with van der Waals surface area (Å²) >= 11 is 0. The number of hydrogen-bond donors (Lipinski definition) is 1. The highest BCUT2D eigenvalue weighted by Gasteiger charge is 2.18. The van der Waals surface area contributed by atoms with Gasteiger partial charge in [-0.25, -0.2) is 0 Å². The van der Waals surface area contributed by atoms with Crippen LogP contribution in [0.4, 0.5) is 0 Å². The van der Waals surface area contributed by atoms with E-state index < -0.39 is 0 Å². The minimum atomic E-state index is 0.268. The van der Waals surface area contributed by atoms with Crippen LogP contribution in [-0.4, -0.2) is 17.8 Å². The van der Waals surface area contributed by atoms with Gasteiger partial charge in [0.15, 0.2) is 0 Å². The number of ether oxygens (including phenoxy) is 1. The van der Waals surface area contributed by atoms with Crippen LogP contribution in [0.2, 0.25) is 0 Å². The SMILES string of the molecule is CC1Cc2cc(CCCO)ccc2O1. The van der Waals surface area contributed by atoms with E-state index in [0.29, 0.717) is 6.10 Å². The van der Waals surface area contributed by atoms with Crippen molar-refractivity contribution < 1.29 is 9.84 Å². The molecule has 0 saturated carbocycles. The molecule has 1 aromatic rings. The lowest BCUT2D eigenvalue weighted by molar-refractivity contribution is 0.254. The molecule has 1 heterocycles. The Morgan fingerprint density at radius 1 is 1.50 bits per heavy atom. The van der Waals surface area contributed by atoms with Crippen LogP contribution >= 0.6 is 0 Å². The molecule has 2 rings (SSSR count). The molecule has 2 heteroatoms. The molecule has 2 nitrogen and oxygen atoms in total. The van der Waals surface area contributed by atoms with Gasteiger partial charge < -0.3 is 9.84 Å². The van der Waals surface area contributed by atoms with E-state index >= 15 is 0 Å². The molecular weight excluding hydrogens is 176 g/mol. The summed E-state index contributed by atoms with van der Waals surface area (Å²) in [5, 5.41) is 8.74. The molecule has 1 unspecified atom stereocenters. The predicted molar refractivity (Wildman–Crippen MR) is 55.6 cm³/mol. The first kappa shape index (κ1) is 9.53. The molecule has 14 heavy (non-hydrogen) atoms. The van der Waals surface area contributed by atoms with E-state index in [0.717, 1.165) is 25.0 Å². The van der Waals surface area contributed by atoms with E-state index in [-0.39, 0.29) is 6.61 Å². The Labute approximate surface area is 84.5 Å². The molecule has 0 aliphatic carbocycles. The fraction of sp³-hybridized carbons (Fsp3) is 0.500. The van der Waals surface area contributed by atoms with Crippen LogP contribution in [-0.2, 0) is 12.8 Å². The maximum absolute atomic E-state index is 8.74. The highest BCUT2D eigenvalue weighted by atomic mass is 16.5. The van der Waals surface area contributed by atoms with Gasteiger partial charge in [-0.1, -0.05) is 12.1 Å². The third-order valence-electron chi connectivity index (χ3n) is 2.58. The van der Waals surface area contributed by atoms with Crippen molar-refractivity contribution in [3.8, 4) is 5.75 Å². The van der Waals surface area contributed by atoms with Gasteiger partial charge in [-0.3, -0.25) is 0 Å². The molecule has 0 bridgehead atoms. The zero-order valence-electron chi connectivity index (χ0n) is 8.49. The molecule has 0 amide bonds. The van der Waals surface area contributed by atoms with Gasteiger partial charge in [0, 0.05) is 13.0 Å². The first-order valence-electron chi connectivity index (χ1n) is 5.19. The van der Waals surface area contributed by atoms with Crippen LogP contribution < -0.4 is 4.74 Å². The van der Waals surface area contributed by atoms with Crippen LogP contribution in [0.25, 0.3) is 0 Å². The normalized spacial score (nSPS) is 19.1. The summed E-state index contributed by atoms with van der Waals surface area (Å²) in [5.41, 5.74) is 2.61. The predicted octanol–water partition coefficient (Wildman–Crippen LogP) is 1.93. The van der Waals surface area contributed by atoms with Crippen molar-refractivity contribution in [3.05, 3.63) is 29.3 Å². The maximum atomic E-state index is 8.74. The lowest BCUT2D eigenvalue weighted by Gasteiger charge is -2.03. The maximum Gasteiger partial charge on any atom is 0.123 e. The van der Waals surface area contributed by atoms with Crippen molar-refractivity contribution in [2.45, 2.75) is 32.3 Å². The van der Waals surface area contributed by atoms with Crippen molar-refractivity contribution >= 4 is 0 Å². The minimum Gasteiger partial charge on any atom is -0.490 e. The molecule has 76 valence electrons. The smallest absolute Gasteiger partial charge is 0.123 e. The van der Waals surface area contributed by atoms with E-state index in [1.807, 2.05) is 6.07 Å². The molecule has 0 aromatic heterocycles. The lowest BCUT2D eigenvalue weighted by atomic mass is 10.0. The van der Waals surface area contributed by atoms with Crippen molar-refractivity contribution in [1.82, 2.24) is 0 Å². The molecule has 0 saturated heterocycles. The van der Waals surface area contributed by atoms with E-state index in [4.69, 9.17) is 9.84 Å². The highest BCUT2D eigenvalue weighted by Crippen LogP contribution is 2.29. The Morgan fingerprint density at radius 3 is 3.14 bits per heavy atom. The summed E-state index contributed by atoms with van der Waals surface area (Å²) in [7, 11) is 0. The van der Waals surface area contributed by atoms with Gasteiger partial charge in [-0.15, -0.1) is 0 Å². The first-order valence-corrected chi connectivity index (χ1v) is 5.19. The third kappa shape index (κ3) is 1.90. The minimum absolute atomic E-state index is 0.268. The van der Waals surface area contributed by atoms with Crippen molar-refractivity contribution in [2.24, 2.45) is 0 Å².